The smallest absolute Gasteiger partial charge is 0.308 e. The minimum atomic E-state index is -0.714. The summed E-state index contributed by atoms with van der Waals surface area (Å²) in [5.41, 5.74) is 2.20. The molecule has 100 valence electrons. The van der Waals surface area contributed by atoms with Crippen molar-refractivity contribution in [3.8, 4) is 0 Å². The number of hydrogen-bond donors (Lipinski definition) is 1. The Kier molecular flexibility index (Phi) is 5.65. The Morgan fingerprint density at radius 3 is 2.72 bits per heavy atom. The van der Waals surface area contributed by atoms with E-state index in [0.717, 1.165) is 11.3 Å². The van der Waals surface area contributed by atoms with E-state index in [4.69, 9.17) is 4.74 Å². The molecule has 1 aromatic carbocycles. The molecular weight excluding hydrogens is 230 g/mol. The summed E-state index contributed by atoms with van der Waals surface area (Å²) < 4.78 is 4.81. The minimum Gasteiger partial charge on any atom is -0.466 e. The van der Waals surface area contributed by atoms with E-state index in [1.807, 2.05) is 43.1 Å². The Balaban J connectivity index is 2.52. The number of carbonyl (C=O) groups excluding carboxylic acids is 1. The molecule has 0 aliphatic rings. The van der Waals surface area contributed by atoms with Gasteiger partial charge in [0.1, 0.15) is 0 Å². The second kappa shape index (κ2) is 7.01. The fourth-order valence-corrected chi connectivity index (χ4v) is 1.88. The van der Waals surface area contributed by atoms with Gasteiger partial charge in [-0.05, 0) is 25.5 Å². The average molecular weight is 251 g/mol. The number of hydrogen-bond acceptors (Lipinski definition) is 4. The molecular formula is C14H21NO3. The first kappa shape index (κ1) is 14.5. The van der Waals surface area contributed by atoms with Crippen LogP contribution in [0, 0.1) is 6.92 Å². The van der Waals surface area contributed by atoms with Crippen LogP contribution in [0.2, 0.25) is 0 Å². The van der Waals surface area contributed by atoms with Gasteiger partial charge in [-0.15, -0.1) is 0 Å². The lowest BCUT2D eigenvalue weighted by molar-refractivity contribution is -0.145. The Morgan fingerprint density at radius 1 is 1.44 bits per heavy atom. The molecule has 0 heterocycles. The average Bonchev–Trinajstić information content (AvgIpc) is 2.29. The second-order valence-electron chi connectivity index (χ2n) is 4.33. The summed E-state index contributed by atoms with van der Waals surface area (Å²) in [6, 6.07) is 7.94. The molecule has 1 aromatic rings. The molecule has 0 aliphatic heterocycles. The lowest BCUT2D eigenvalue weighted by atomic mass is 10.1. The fourth-order valence-electron chi connectivity index (χ4n) is 1.88. The summed E-state index contributed by atoms with van der Waals surface area (Å²) >= 11 is 0. The quantitative estimate of drug-likeness (QED) is 0.782. The fraction of sp³-hybridized carbons (Fsp3) is 0.500. The van der Waals surface area contributed by atoms with Gasteiger partial charge in [-0.3, -0.25) is 4.79 Å². The van der Waals surface area contributed by atoms with Gasteiger partial charge >= 0.3 is 5.97 Å². The van der Waals surface area contributed by atoms with Crippen molar-refractivity contribution in [2.75, 3.05) is 25.1 Å². The highest BCUT2D eigenvalue weighted by atomic mass is 16.5. The number of benzene rings is 1. The molecule has 0 aromatic heterocycles. The van der Waals surface area contributed by atoms with E-state index in [1.165, 1.54) is 0 Å². The summed E-state index contributed by atoms with van der Waals surface area (Å²) in [5, 5.41) is 9.83. The first-order chi connectivity index (χ1) is 8.54. The normalized spacial score (nSPS) is 12.0. The van der Waals surface area contributed by atoms with Crippen molar-refractivity contribution < 1.29 is 14.6 Å². The molecule has 0 amide bonds. The number of anilines is 1. The van der Waals surface area contributed by atoms with Crippen molar-refractivity contribution in [2.24, 2.45) is 0 Å². The van der Waals surface area contributed by atoms with Gasteiger partial charge in [0.15, 0.2) is 0 Å². The number of nitrogens with zero attached hydrogens (tertiary/aromatic N) is 1. The Morgan fingerprint density at radius 2 is 2.11 bits per heavy atom. The number of rotatable bonds is 6. The van der Waals surface area contributed by atoms with Gasteiger partial charge in [0, 0.05) is 19.3 Å². The maximum Gasteiger partial charge on any atom is 0.308 e. The largest absolute Gasteiger partial charge is 0.466 e. The molecule has 0 radical (unpaired) electrons. The second-order valence-corrected chi connectivity index (χ2v) is 4.33. The Labute approximate surface area is 108 Å². The number of esters is 1. The van der Waals surface area contributed by atoms with E-state index in [-0.39, 0.29) is 12.4 Å². The SMILES string of the molecule is CCOC(=O)CC(O)CN(C)c1ccccc1C. The van der Waals surface area contributed by atoms with Crippen molar-refractivity contribution in [3.63, 3.8) is 0 Å². The van der Waals surface area contributed by atoms with Crippen LogP contribution in [0.1, 0.15) is 18.9 Å². The molecule has 1 N–H and O–H groups in total. The van der Waals surface area contributed by atoms with Gasteiger partial charge in [0.25, 0.3) is 0 Å². The van der Waals surface area contributed by atoms with Crippen LogP contribution in [-0.4, -0.2) is 37.4 Å². The van der Waals surface area contributed by atoms with Gasteiger partial charge < -0.3 is 14.7 Å². The van der Waals surface area contributed by atoms with E-state index >= 15 is 0 Å². The highest BCUT2D eigenvalue weighted by Gasteiger charge is 2.14. The number of carbonyl (C=O) groups is 1. The summed E-state index contributed by atoms with van der Waals surface area (Å²) in [7, 11) is 1.90. The maximum atomic E-state index is 11.2. The van der Waals surface area contributed by atoms with Crippen LogP contribution in [0.5, 0.6) is 0 Å². The van der Waals surface area contributed by atoms with Crippen LogP contribution in [0.3, 0.4) is 0 Å². The van der Waals surface area contributed by atoms with Gasteiger partial charge in [0.05, 0.1) is 19.1 Å². The lowest BCUT2D eigenvalue weighted by Crippen LogP contribution is -2.31. The maximum absolute atomic E-state index is 11.2. The molecule has 0 saturated heterocycles. The summed E-state index contributed by atoms with van der Waals surface area (Å²) in [5.74, 6) is -0.358. The highest BCUT2D eigenvalue weighted by Crippen LogP contribution is 2.18. The van der Waals surface area contributed by atoms with E-state index in [1.54, 1.807) is 6.92 Å². The minimum absolute atomic E-state index is 0.0318. The molecule has 0 saturated carbocycles. The van der Waals surface area contributed by atoms with Crippen LogP contribution in [0.25, 0.3) is 0 Å². The number of aliphatic hydroxyl groups is 1. The molecule has 1 rings (SSSR count). The predicted octanol–water partition coefficient (Wildman–Crippen LogP) is 1.75. The number of aliphatic hydroxyl groups excluding tert-OH is 1. The molecule has 0 bridgehead atoms. The van der Waals surface area contributed by atoms with Crippen LogP contribution in [-0.2, 0) is 9.53 Å². The third kappa shape index (κ3) is 4.37. The van der Waals surface area contributed by atoms with Gasteiger partial charge in [0.2, 0.25) is 0 Å². The molecule has 1 atom stereocenters. The molecule has 0 spiro atoms. The number of ether oxygens (including phenoxy) is 1. The van der Waals surface area contributed by atoms with Crippen molar-refractivity contribution in [1.82, 2.24) is 0 Å². The van der Waals surface area contributed by atoms with Crippen LogP contribution in [0.15, 0.2) is 24.3 Å². The summed E-state index contributed by atoms with van der Waals surface area (Å²) in [4.78, 5) is 13.2. The van der Waals surface area contributed by atoms with Crippen molar-refractivity contribution >= 4 is 11.7 Å². The zero-order valence-corrected chi connectivity index (χ0v) is 11.2. The zero-order valence-electron chi connectivity index (χ0n) is 11.2. The first-order valence-corrected chi connectivity index (χ1v) is 6.15. The zero-order chi connectivity index (χ0) is 13.5. The lowest BCUT2D eigenvalue weighted by Gasteiger charge is -2.23. The number of aryl methyl sites for hydroxylation is 1. The van der Waals surface area contributed by atoms with E-state index in [2.05, 4.69) is 0 Å². The Bertz CT molecular complexity index is 392. The molecule has 4 heteroatoms. The third-order valence-electron chi connectivity index (χ3n) is 2.72. The predicted molar refractivity (Wildman–Crippen MR) is 71.7 cm³/mol. The monoisotopic (exact) mass is 251 g/mol. The molecule has 0 aliphatic carbocycles. The van der Waals surface area contributed by atoms with Gasteiger partial charge in [-0.1, -0.05) is 18.2 Å². The van der Waals surface area contributed by atoms with E-state index in [9.17, 15) is 9.90 Å². The summed E-state index contributed by atoms with van der Waals surface area (Å²) in [6.07, 6.45) is -0.682. The van der Waals surface area contributed by atoms with E-state index in [0.29, 0.717) is 13.2 Å². The van der Waals surface area contributed by atoms with Gasteiger partial charge in [-0.2, -0.15) is 0 Å². The van der Waals surface area contributed by atoms with Crippen LogP contribution >= 0.6 is 0 Å². The topological polar surface area (TPSA) is 49.8 Å². The molecule has 4 nitrogen and oxygen atoms in total. The van der Waals surface area contributed by atoms with Crippen molar-refractivity contribution in [3.05, 3.63) is 29.8 Å². The van der Waals surface area contributed by atoms with Gasteiger partial charge in [-0.25, -0.2) is 0 Å². The molecule has 1 unspecified atom stereocenters. The number of para-hydroxylation sites is 1. The van der Waals surface area contributed by atoms with Crippen LogP contribution < -0.4 is 4.90 Å². The third-order valence-corrected chi connectivity index (χ3v) is 2.72. The van der Waals surface area contributed by atoms with Crippen LogP contribution in [0.4, 0.5) is 5.69 Å². The highest BCUT2D eigenvalue weighted by molar-refractivity contribution is 5.70. The van der Waals surface area contributed by atoms with E-state index < -0.39 is 6.10 Å². The first-order valence-electron chi connectivity index (χ1n) is 6.15. The standard InChI is InChI=1S/C14H21NO3/c1-4-18-14(17)9-12(16)10-15(3)13-8-6-5-7-11(13)2/h5-8,12,16H,4,9-10H2,1-3H3. The summed E-state index contributed by atoms with van der Waals surface area (Å²) in [6.45, 7) is 4.52. The van der Waals surface area contributed by atoms with Crippen molar-refractivity contribution in [2.45, 2.75) is 26.4 Å². The van der Waals surface area contributed by atoms with Crippen molar-refractivity contribution in [1.29, 1.82) is 0 Å². The molecule has 18 heavy (non-hydrogen) atoms. The molecule has 0 fully saturated rings. The Hall–Kier alpha value is -1.55. The number of likely N-dealkylation sites (N-methyl/N-ethyl adjacent to an activating group) is 1.